The van der Waals surface area contributed by atoms with Crippen molar-refractivity contribution in [3.63, 3.8) is 0 Å². The summed E-state index contributed by atoms with van der Waals surface area (Å²) in [5.74, 6) is 6.62. The molecule has 0 saturated carbocycles. The van der Waals surface area contributed by atoms with Gasteiger partial charge in [-0.2, -0.15) is 0 Å². The first-order valence-electron chi connectivity index (χ1n) is 5.47. The third-order valence-corrected chi connectivity index (χ3v) is 2.70. The maximum atomic E-state index is 5.81. The lowest BCUT2D eigenvalue weighted by molar-refractivity contribution is 0.591. The molecular weight excluding hydrogens is 214 g/mol. The molecule has 0 aliphatic carbocycles. The van der Waals surface area contributed by atoms with Crippen molar-refractivity contribution in [3.05, 3.63) is 29.8 Å². The quantitative estimate of drug-likeness (QED) is 0.729. The van der Waals surface area contributed by atoms with Crippen molar-refractivity contribution < 1.29 is 0 Å². The van der Waals surface area contributed by atoms with Crippen LogP contribution in [0.3, 0.4) is 0 Å². The highest BCUT2D eigenvalue weighted by Crippen LogP contribution is 2.31. The summed E-state index contributed by atoms with van der Waals surface area (Å²) in [5, 5.41) is 7.80. The van der Waals surface area contributed by atoms with Crippen molar-refractivity contribution >= 4 is 5.95 Å². The number of anilines is 1. The van der Waals surface area contributed by atoms with Crippen LogP contribution >= 0.6 is 0 Å². The molecule has 4 N–H and O–H groups in total. The number of nitrogen functional groups attached to an aromatic ring is 2. The number of benzene rings is 1. The molecule has 0 bridgehead atoms. The minimum absolute atomic E-state index is 0.0112. The second-order valence-corrected chi connectivity index (χ2v) is 5.05. The third-order valence-electron chi connectivity index (χ3n) is 2.70. The van der Waals surface area contributed by atoms with Crippen molar-refractivity contribution in [2.75, 3.05) is 11.6 Å². The predicted octanol–water partition coefficient (Wildman–Crippen LogP) is 1.54. The van der Waals surface area contributed by atoms with Gasteiger partial charge in [0.25, 0.3) is 0 Å². The molecule has 90 valence electrons. The summed E-state index contributed by atoms with van der Waals surface area (Å²) in [4.78, 5) is 0. The number of aromatic nitrogens is 3. The van der Waals surface area contributed by atoms with Gasteiger partial charge in [-0.1, -0.05) is 45.0 Å². The van der Waals surface area contributed by atoms with Crippen molar-refractivity contribution in [2.24, 2.45) is 0 Å². The van der Waals surface area contributed by atoms with Gasteiger partial charge in [-0.05, 0) is 11.0 Å². The van der Waals surface area contributed by atoms with Gasteiger partial charge in [-0.3, -0.25) is 0 Å². The number of nitrogens with two attached hydrogens (primary N) is 2. The van der Waals surface area contributed by atoms with Crippen LogP contribution in [0.25, 0.3) is 11.4 Å². The molecule has 0 saturated heterocycles. The van der Waals surface area contributed by atoms with Crippen LogP contribution < -0.4 is 11.6 Å². The molecule has 1 aromatic carbocycles. The van der Waals surface area contributed by atoms with Crippen molar-refractivity contribution in [2.45, 2.75) is 26.2 Å². The van der Waals surface area contributed by atoms with Crippen LogP contribution in [-0.4, -0.2) is 14.9 Å². The maximum Gasteiger partial charge on any atom is 0.241 e. The molecule has 5 heteroatoms. The zero-order valence-corrected chi connectivity index (χ0v) is 10.3. The number of hydrogen-bond acceptors (Lipinski definition) is 4. The van der Waals surface area contributed by atoms with Crippen LogP contribution in [0.1, 0.15) is 26.3 Å². The minimum atomic E-state index is 0.0112. The Labute approximate surface area is 100 Å². The van der Waals surface area contributed by atoms with Gasteiger partial charge in [0.05, 0.1) is 0 Å². The molecule has 0 atom stereocenters. The van der Waals surface area contributed by atoms with E-state index in [0.717, 1.165) is 5.56 Å². The maximum absolute atomic E-state index is 5.81. The van der Waals surface area contributed by atoms with E-state index in [1.54, 1.807) is 0 Å². The Hall–Kier alpha value is -2.04. The molecule has 0 radical (unpaired) electrons. The van der Waals surface area contributed by atoms with E-state index in [4.69, 9.17) is 11.6 Å². The van der Waals surface area contributed by atoms with Gasteiger partial charge < -0.3 is 11.6 Å². The molecule has 2 rings (SSSR count). The van der Waals surface area contributed by atoms with Crippen molar-refractivity contribution in [1.29, 1.82) is 0 Å². The summed E-state index contributed by atoms with van der Waals surface area (Å²) in [6.07, 6.45) is 0. The van der Waals surface area contributed by atoms with E-state index in [9.17, 15) is 0 Å². The predicted molar refractivity (Wildman–Crippen MR) is 68.7 cm³/mol. The summed E-state index contributed by atoms with van der Waals surface area (Å²) >= 11 is 0. The summed E-state index contributed by atoms with van der Waals surface area (Å²) in [6.45, 7) is 6.44. The lowest BCUT2D eigenvalue weighted by Crippen LogP contribution is -2.17. The Morgan fingerprint density at radius 1 is 1.12 bits per heavy atom. The second kappa shape index (κ2) is 3.76. The summed E-state index contributed by atoms with van der Waals surface area (Å²) in [7, 11) is 0. The molecule has 0 fully saturated rings. The Morgan fingerprint density at radius 2 is 1.76 bits per heavy atom. The fourth-order valence-electron chi connectivity index (χ4n) is 1.82. The molecule has 2 aromatic rings. The van der Waals surface area contributed by atoms with E-state index in [1.807, 2.05) is 18.2 Å². The average molecular weight is 231 g/mol. The van der Waals surface area contributed by atoms with E-state index < -0.39 is 0 Å². The zero-order chi connectivity index (χ0) is 12.6. The first-order valence-corrected chi connectivity index (χ1v) is 5.47. The van der Waals surface area contributed by atoms with Gasteiger partial charge in [-0.25, -0.2) is 4.68 Å². The van der Waals surface area contributed by atoms with E-state index in [1.165, 1.54) is 10.2 Å². The van der Waals surface area contributed by atoms with Gasteiger partial charge in [0, 0.05) is 5.56 Å². The Balaban J connectivity index is 2.64. The fourth-order valence-corrected chi connectivity index (χ4v) is 1.82. The third kappa shape index (κ3) is 1.95. The number of rotatable bonds is 1. The SMILES string of the molecule is CC(C)(C)c1ccccc1-c1nnc(N)n1N. The molecule has 17 heavy (non-hydrogen) atoms. The zero-order valence-electron chi connectivity index (χ0n) is 10.3. The van der Waals surface area contributed by atoms with E-state index in [-0.39, 0.29) is 11.4 Å². The largest absolute Gasteiger partial charge is 0.366 e. The molecule has 0 aliphatic heterocycles. The monoisotopic (exact) mass is 231 g/mol. The van der Waals surface area contributed by atoms with E-state index >= 15 is 0 Å². The van der Waals surface area contributed by atoms with Crippen LogP contribution in [0, 0.1) is 0 Å². The Kier molecular flexibility index (Phi) is 2.53. The molecule has 1 heterocycles. The van der Waals surface area contributed by atoms with Gasteiger partial charge in [0.2, 0.25) is 5.95 Å². The molecule has 0 unspecified atom stereocenters. The molecule has 1 aromatic heterocycles. The highest BCUT2D eigenvalue weighted by molar-refractivity contribution is 5.63. The highest BCUT2D eigenvalue weighted by Gasteiger charge is 2.21. The molecule has 0 amide bonds. The summed E-state index contributed by atoms with van der Waals surface area (Å²) < 4.78 is 1.31. The molecule has 5 nitrogen and oxygen atoms in total. The van der Waals surface area contributed by atoms with Gasteiger partial charge in [0.1, 0.15) is 0 Å². The first-order chi connectivity index (χ1) is 7.91. The molecular formula is C12H17N5. The normalized spacial score (nSPS) is 11.7. The van der Waals surface area contributed by atoms with Crippen LogP contribution in [0.4, 0.5) is 5.95 Å². The standard InChI is InChI=1S/C12H17N5/c1-12(2,3)9-7-5-4-6-8(9)10-15-16-11(13)17(10)14/h4-7H,14H2,1-3H3,(H2,13,16). The van der Waals surface area contributed by atoms with Gasteiger partial charge in [-0.15, -0.1) is 10.2 Å². The average Bonchev–Trinajstić information content (AvgIpc) is 2.59. The minimum Gasteiger partial charge on any atom is -0.366 e. The lowest BCUT2D eigenvalue weighted by Gasteiger charge is -2.22. The lowest BCUT2D eigenvalue weighted by atomic mass is 9.83. The Morgan fingerprint density at radius 3 is 2.29 bits per heavy atom. The number of nitrogens with zero attached hydrogens (tertiary/aromatic N) is 3. The summed E-state index contributed by atoms with van der Waals surface area (Å²) in [5.41, 5.74) is 7.74. The van der Waals surface area contributed by atoms with Gasteiger partial charge >= 0.3 is 0 Å². The fraction of sp³-hybridized carbons (Fsp3) is 0.333. The first kappa shape index (κ1) is 11.4. The summed E-state index contributed by atoms with van der Waals surface area (Å²) in [6, 6.07) is 8.01. The van der Waals surface area contributed by atoms with Crippen LogP contribution in [0.2, 0.25) is 0 Å². The topological polar surface area (TPSA) is 82.8 Å². The van der Waals surface area contributed by atoms with Crippen LogP contribution in [0.5, 0.6) is 0 Å². The van der Waals surface area contributed by atoms with Crippen molar-refractivity contribution in [1.82, 2.24) is 14.9 Å². The molecule has 0 spiro atoms. The highest BCUT2D eigenvalue weighted by atomic mass is 15.4. The van der Waals surface area contributed by atoms with E-state index in [2.05, 4.69) is 37.0 Å². The second-order valence-electron chi connectivity index (χ2n) is 5.05. The smallest absolute Gasteiger partial charge is 0.241 e. The van der Waals surface area contributed by atoms with Gasteiger partial charge in [0.15, 0.2) is 5.82 Å². The van der Waals surface area contributed by atoms with Crippen molar-refractivity contribution in [3.8, 4) is 11.4 Å². The molecule has 0 aliphatic rings. The van der Waals surface area contributed by atoms with Crippen LogP contribution in [0.15, 0.2) is 24.3 Å². The van der Waals surface area contributed by atoms with Crippen LogP contribution in [-0.2, 0) is 5.41 Å². The van der Waals surface area contributed by atoms with E-state index in [0.29, 0.717) is 5.82 Å². The number of hydrogen-bond donors (Lipinski definition) is 2. The Bertz CT molecular complexity index is 536.